The van der Waals surface area contributed by atoms with Crippen molar-refractivity contribution in [2.75, 3.05) is 0 Å². The Morgan fingerprint density at radius 3 is 2.63 bits per heavy atom. The molecule has 0 saturated carbocycles. The van der Waals surface area contributed by atoms with Crippen LogP contribution in [0.1, 0.15) is 38.3 Å². The van der Waals surface area contributed by atoms with E-state index in [1.807, 2.05) is 25.1 Å². The van der Waals surface area contributed by atoms with Crippen LogP contribution in [0.25, 0.3) is 6.08 Å². The maximum atomic E-state index is 11.2. The Morgan fingerprint density at radius 1 is 1.32 bits per heavy atom. The van der Waals surface area contributed by atoms with E-state index in [0.717, 1.165) is 5.56 Å². The highest BCUT2D eigenvalue weighted by Gasteiger charge is 2.11. The van der Waals surface area contributed by atoms with Gasteiger partial charge in [-0.3, -0.25) is 9.59 Å². The molecule has 0 spiro atoms. The van der Waals surface area contributed by atoms with Gasteiger partial charge in [0.2, 0.25) is 0 Å². The number of esters is 2. The predicted octanol–water partition coefficient (Wildman–Crippen LogP) is 3.10. The van der Waals surface area contributed by atoms with Gasteiger partial charge in [0, 0.05) is 18.9 Å². The van der Waals surface area contributed by atoms with Gasteiger partial charge in [0.05, 0.1) is 0 Å². The zero-order valence-electron chi connectivity index (χ0n) is 11.4. The van der Waals surface area contributed by atoms with E-state index in [1.165, 1.54) is 6.92 Å². The molecule has 0 fully saturated rings. The van der Waals surface area contributed by atoms with Crippen molar-refractivity contribution in [2.45, 2.75) is 33.8 Å². The highest BCUT2D eigenvalue weighted by Crippen LogP contribution is 2.25. The lowest BCUT2D eigenvalue weighted by Crippen LogP contribution is -2.08. The molecule has 4 heteroatoms. The standard InChI is InChI=1S/C15H18O4/c1-4-7-12-8-6-9-14(19-11(3)16)13(12)10-18-15(17)5-2/h4,6-9H,5,10H2,1-3H3/b7-4+. The molecule has 1 aromatic carbocycles. The summed E-state index contributed by atoms with van der Waals surface area (Å²) >= 11 is 0. The maximum absolute atomic E-state index is 11.2. The molecule has 0 aliphatic carbocycles. The van der Waals surface area contributed by atoms with E-state index >= 15 is 0 Å². The topological polar surface area (TPSA) is 52.6 Å². The minimum atomic E-state index is -0.402. The summed E-state index contributed by atoms with van der Waals surface area (Å²) < 4.78 is 10.3. The van der Waals surface area contributed by atoms with Crippen LogP contribution >= 0.6 is 0 Å². The molecule has 0 atom stereocenters. The summed E-state index contributed by atoms with van der Waals surface area (Å²) in [5.41, 5.74) is 1.56. The third-order valence-corrected chi connectivity index (χ3v) is 2.44. The Morgan fingerprint density at radius 2 is 2.05 bits per heavy atom. The summed E-state index contributed by atoms with van der Waals surface area (Å²) in [6.07, 6.45) is 4.06. The molecular formula is C15H18O4. The first kappa shape index (κ1) is 15.0. The number of carbonyl (C=O) groups is 2. The van der Waals surface area contributed by atoms with Crippen LogP contribution in [0.5, 0.6) is 5.75 Å². The summed E-state index contributed by atoms with van der Waals surface area (Å²) in [5.74, 6) is -0.267. The van der Waals surface area contributed by atoms with Crippen LogP contribution in [0.4, 0.5) is 0 Å². The van der Waals surface area contributed by atoms with Crippen LogP contribution in [0.3, 0.4) is 0 Å². The fraction of sp³-hybridized carbons (Fsp3) is 0.333. The zero-order valence-corrected chi connectivity index (χ0v) is 11.4. The number of carbonyl (C=O) groups excluding carboxylic acids is 2. The minimum absolute atomic E-state index is 0.0931. The second-order valence-corrected chi connectivity index (χ2v) is 3.93. The monoisotopic (exact) mass is 262 g/mol. The first-order valence-corrected chi connectivity index (χ1v) is 6.17. The smallest absolute Gasteiger partial charge is 0.308 e. The van der Waals surface area contributed by atoms with Gasteiger partial charge < -0.3 is 9.47 Å². The summed E-state index contributed by atoms with van der Waals surface area (Å²) in [6, 6.07) is 5.35. The fourth-order valence-corrected chi connectivity index (χ4v) is 1.58. The van der Waals surface area contributed by atoms with Gasteiger partial charge in [-0.05, 0) is 18.6 Å². The second kappa shape index (κ2) is 7.36. The molecule has 4 nitrogen and oxygen atoms in total. The summed E-state index contributed by atoms with van der Waals surface area (Å²) in [6.45, 7) is 5.05. The molecule has 0 heterocycles. The predicted molar refractivity (Wildman–Crippen MR) is 72.5 cm³/mol. The Labute approximate surface area is 113 Å². The number of rotatable bonds is 5. The van der Waals surface area contributed by atoms with Gasteiger partial charge >= 0.3 is 11.9 Å². The SMILES string of the molecule is C/C=C/c1cccc(OC(C)=O)c1COC(=O)CC. The van der Waals surface area contributed by atoms with Crippen molar-refractivity contribution in [1.29, 1.82) is 0 Å². The lowest BCUT2D eigenvalue weighted by atomic mass is 10.1. The number of hydrogen-bond acceptors (Lipinski definition) is 4. The molecule has 0 amide bonds. The summed E-state index contributed by atoms with van der Waals surface area (Å²) in [4.78, 5) is 22.3. The second-order valence-electron chi connectivity index (χ2n) is 3.93. The summed E-state index contributed by atoms with van der Waals surface area (Å²) in [5, 5.41) is 0. The summed E-state index contributed by atoms with van der Waals surface area (Å²) in [7, 11) is 0. The zero-order chi connectivity index (χ0) is 14.3. The Bertz CT molecular complexity index is 489. The van der Waals surface area contributed by atoms with Crippen molar-refractivity contribution in [3.05, 3.63) is 35.4 Å². The van der Waals surface area contributed by atoms with Gasteiger partial charge in [-0.2, -0.15) is 0 Å². The first-order valence-electron chi connectivity index (χ1n) is 6.17. The Balaban J connectivity index is 3.05. The van der Waals surface area contributed by atoms with Gasteiger partial charge in [0.1, 0.15) is 12.4 Å². The van der Waals surface area contributed by atoms with Crippen molar-refractivity contribution in [3.8, 4) is 5.75 Å². The van der Waals surface area contributed by atoms with E-state index < -0.39 is 5.97 Å². The third kappa shape index (κ3) is 4.58. The van der Waals surface area contributed by atoms with Crippen molar-refractivity contribution < 1.29 is 19.1 Å². The quantitative estimate of drug-likeness (QED) is 0.604. The van der Waals surface area contributed by atoms with Gasteiger partial charge in [-0.15, -0.1) is 0 Å². The van der Waals surface area contributed by atoms with Crippen LogP contribution in [0.15, 0.2) is 24.3 Å². The largest absolute Gasteiger partial charge is 0.461 e. The third-order valence-electron chi connectivity index (χ3n) is 2.44. The molecule has 0 aromatic heterocycles. The minimum Gasteiger partial charge on any atom is -0.461 e. The molecule has 0 N–H and O–H groups in total. The average Bonchev–Trinajstić information content (AvgIpc) is 2.37. The number of ether oxygens (including phenoxy) is 2. The number of hydrogen-bond donors (Lipinski definition) is 0. The highest BCUT2D eigenvalue weighted by molar-refractivity contribution is 5.72. The molecule has 1 aromatic rings. The van der Waals surface area contributed by atoms with Gasteiger partial charge in [0.25, 0.3) is 0 Å². The van der Waals surface area contributed by atoms with Crippen LogP contribution in [-0.2, 0) is 20.9 Å². The van der Waals surface area contributed by atoms with Crippen LogP contribution in [0, 0.1) is 0 Å². The molecule has 0 radical (unpaired) electrons. The molecule has 1 rings (SSSR count). The van der Waals surface area contributed by atoms with E-state index in [2.05, 4.69) is 0 Å². The number of benzene rings is 1. The van der Waals surface area contributed by atoms with Gasteiger partial charge in [0.15, 0.2) is 0 Å². The Hall–Kier alpha value is -2.10. The normalized spacial score (nSPS) is 10.5. The van der Waals surface area contributed by atoms with Crippen LogP contribution < -0.4 is 4.74 Å². The van der Waals surface area contributed by atoms with E-state index in [4.69, 9.17) is 9.47 Å². The lowest BCUT2D eigenvalue weighted by Gasteiger charge is -2.12. The lowest BCUT2D eigenvalue weighted by molar-refractivity contribution is -0.144. The molecule has 0 unspecified atom stereocenters. The van der Waals surface area contributed by atoms with Crippen molar-refractivity contribution in [1.82, 2.24) is 0 Å². The van der Waals surface area contributed by atoms with Crippen LogP contribution in [0.2, 0.25) is 0 Å². The van der Waals surface area contributed by atoms with Gasteiger partial charge in [-0.1, -0.05) is 31.2 Å². The molecule has 0 aliphatic rings. The first-order chi connectivity index (χ1) is 9.08. The molecule has 0 bridgehead atoms. The fourth-order valence-electron chi connectivity index (χ4n) is 1.58. The maximum Gasteiger partial charge on any atom is 0.308 e. The van der Waals surface area contributed by atoms with Crippen LogP contribution in [-0.4, -0.2) is 11.9 Å². The van der Waals surface area contributed by atoms with Crippen molar-refractivity contribution in [2.24, 2.45) is 0 Å². The Kier molecular flexibility index (Phi) is 5.79. The average molecular weight is 262 g/mol. The van der Waals surface area contributed by atoms with Gasteiger partial charge in [-0.25, -0.2) is 0 Å². The van der Waals surface area contributed by atoms with E-state index in [0.29, 0.717) is 17.7 Å². The molecular weight excluding hydrogens is 244 g/mol. The molecule has 19 heavy (non-hydrogen) atoms. The number of allylic oxidation sites excluding steroid dienone is 1. The van der Waals surface area contributed by atoms with E-state index in [-0.39, 0.29) is 12.6 Å². The van der Waals surface area contributed by atoms with E-state index in [1.54, 1.807) is 19.1 Å². The van der Waals surface area contributed by atoms with E-state index in [9.17, 15) is 9.59 Å². The van der Waals surface area contributed by atoms with Crippen molar-refractivity contribution in [3.63, 3.8) is 0 Å². The molecule has 0 saturated heterocycles. The van der Waals surface area contributed by atoms with Crippen molar-refractivity contribution >= 4 is 18.0 Å². The molecule has 102 valence electrons. The highest BCUT2D eigenvalue weighted by atomic mass is 16.5. The molecule has 0 aliphatic heterocycles.